The Labute approximate surface area is 59.6 Å². The Balaban J connectivity index is 2.16. The molecule has 2 heteroatoms. The molecular formula is C8H12F2. The average Bonchev–Trinajstić information content (AvgIpc) is 2.21. The predicted octanol–water partition coefficient (Wildman–Crippen LogP) is 2.69. The molecule has 0 aliphatic heterocycles. The second kappa shape index (κ2) is 1.72. The van der Waals surface area contributed by atoms with Crippen LogP contribution in [0.1, 0.15) is 26.2 Å². The van der Waals surface area contributed by atoms with Gasteiger partial charge in [-0.15, -0.1) is 0 Å². The first-order valence-corrected chi connectivity index (χ1v) is 3.97. The Kier molecular flexibility index (Phi) is 1.13. The van der Waals surface area contributed by atoms with Gasteiger partial charge < -0.3 is 0 Å². The first-order valence-electron chi connectivity index (χ1n) is 3.97. The highest BCUT2D eigenvalue weighted by molar-refractivity contribution is 4.98. The first-order chi connectivity index (χ1) is 4.59. The van der Waals surface area contributed by atoms with Crippen molar-refractivity contribution in [3.05, 3.63) is 0 Å². The van der Waals surface area contributed by atoms with Gasteiger partial charge in [-0.2, -0.15) is 0 Å². The molecule has 0 spiro atoms. The number of fused-ring (bicyclic) bond motifs is 2. The molecule has 0 N–H and O–H groups in total. The van der Waals surface area contributed by atoms with Crippen LogP contribution in [-0.2, 0) is 0 Å². The standard InChI is InChI=1S/C8H12F2/c1-5-2-7-3-6(5)4-8(7,9)10/h5-7H,2-4H2,1H3/t5-,6+,7-/m1/s1. The summed E-state index contributed by atoms with van der Waals surface area (Å²) < 4.78 is 25.6. The van der Waals surface area contributed by atoms with Gasteiger partial charge in [0.15, 0.2) is 0 Å². The SMILES string of the molecule is C[C@@H]1C[C@@H]2C[C@H]1CC2(F)F. The summed E-state index contributed by atoms with van der Waals surface area (Å²) in [7, 11) is 0. The Morgan fingerprint density at radius 2 is 2.00 bits per heavy atom. The normalized spacial score (nSPS) is 50.1. The fourth-order valence-corrected chi connectivity index (χ4v) is 2.48. The second-order valence-electron chi connectivity index (χ2n) is 3.87. The van der Waals surface area contributed by atoms with Crippen molar-refractivity contribution in [2.24, 2.45) is 17.8 Å². The minimum Gasteiger partial charge on any atom is -0.207 e. The lowest BCUT2D eigenvalue weighted by atomic mass is 9.88. The van der Waals surface area contributed by atoms with E-state index in [9.17, 15) is 8.78 Å². The molecule has 58 valence electrons. The van der Waals surface area contributed by atoms with Crippen LogP contribution >= 0.6 is 0 Å². The van der Waals surface area contributed by atoms with E-state index < -0.39 is 5.92 Å². The molecule has 0 heterocycles. The molecule has 2 saturated carbocycles. The van der Waals surface area contributed by atoms with Crippen LogP contribution in [0.15, 0.2) is 0 Å². The largest absolute Gasteiger partial charge is 0.251 e. The van der Waals surface area contributed by atoms with Gasteiger partial charge in [-0.25, -0.2) is 8.78 Å². The molecule has 0 amide bonds. The van der Waals surface area contributed by atoms with E-state index in [0.717, 1.165) is 12.8 Å². The minimum absolute atomic E-state index is 0.166. The van der Waals surface area contributed by atoms with E-state index in [1.807, 2.05) is 0 Å². The van der Waals surface area contributed by atoms with Crippen molar-refractivity contribution >= 4 is 0 Å². The van der Waals surface area contributed by atoms with Crippen molar-refractivity contribution in [2.75, 3.05) is 0 Å². The molecular weight excluding hydrogens is 134 g/mol. The van der Waals surface area contributed by atoms with Crippen molar-refractivity contribution in [3.8, 4) is 0 Å². The summed E-state index contributed by atoms with van der Waals surface area (Å²) in [6, 6.07) is 0. The van der Waals surface area contributed by atoms with Gasteiger partial charge in [0.05, 0.1) is 0 Å². The second-order valence-corrected chi connectivity index (χ2v) is 3.87. The smallest absolute Gasteiger partial charge is 0.207 e. The van der Waals surface area contributed by atoms with Crippen LogP contribution < -0.4 is 0 Å². The predicted molar refractivity (Wildman–Crippen MR) is 34.9 cm³/mol. The molecule has 2 fully saturated rings. The highest BCUT2D eigenvalue weighted by Crippen LogP contribution is 2.55. The number of alkyl halides is 2. The maximum Gasteiger partial charge on any atom is 0.251 e. The Morgan fingerprint density at radius 1 is 1.30 bits per heavy atom. The quantitative estimate of drug-likeness (QED) is 0.493. The van der Waals surface area contributed by atoms with Gasteiger partial charge in [0.2, 0.25) is 0 Å². The summed E-state index contributed by atoms with van der Waals surface area (Å²) in [5.41, 5.74) is 0. The number of hydrogen-bond acceptors (Lipinski definition) is 0. The molecule has 2 aliphatic carbocycles. The van der Waals surface area contributed by atoms with Crippen molar-refractivity contribution in [1.29, 1.82) is 0 Å². The number of rotatable bonds is 0. The molecule has 2 aliphatic rings. The van der Waals surface area contributed by atoms with Crippen molar-refractivity contribution in [2.45, 2.75) is 32.1 Å². The van der Waals surface area contributed by atoms with Crippen molar-refractivity contribution in [1.82, 2.24) is 0 Å². The third kappa shape index (κ3) is 0.708. The van der Waals surface area contributed by atoms with E-state index in [-0.39, 0.29) is 12.3 Å². The summed E-state index contributed by atoms with van der Waals surface area (Å²) in [4.78, 5) is 0. The van der Waals surface area contributed by atoms with Crippen LogP contribution in [0.3, 0.4) is 0 Å². The van der Waals surface area contributed by atoms with Crippen LogP contribution in [0.5, 0.6) is 0 Å². The van der Waals surface area contributed by atoms with E-state index in [1.54, 1.807) is 0 Å². The lowest BCUT2D eigenvalue weighted by Crippen LogP contribution is -2.26. The summed E-state index contributed by atoms with van der Waals surface area (Å²) in [5.74, 6) is -1.69. The molecule has 0 saturated heterocycles. The molecule has 0 radical (unpaired) electrons. The van der Waals surface area contributed by atoms with E-state index in [0.29, 0.717) is 11.8 Å². The van der Waals surface area contributed by atoms with E-state index >= 15 is 0 Å². The van der Waals surface area contributed by atoms with Gasteiger partial charge >= 0.3 is 0 Å². The van der Waals surface area contributed by atoms with Gasteiger partial charge in [0.25, 0.3) is 5.92 Å². The van der Waals surface area contributed by atoms with Gasteiger partial charge in [0.1, 0.15) is 0 Å². The number of halogens is 2. The summed E-state index contributed by atoms with van der Waals surface area (Å²) in [6.07, 6.45) is 1.71. The van der Waals surface area contributed by atoms with Crippen LogP contribution in [0.25, 0.3) is 0 Å². The third-order valence-electron chi connectivity index (χ3n) is 3.18. The molecule has 0 unspecified atom stereocenters. The molecule has 0 aromatic rings. The van der Waals surface area contributed by atoms with E-state index in [1.165, 1.54) is 0 Å². The maximum absolute atomic E-state index is 12.8. The zero-order valence-electron chi connectivity index (χ0n) is 6.11. The molecule has 10 heavy (non-hydrogen) atoms. The van der Waals surface area contributed by atoms with Gasteiger partial charge in [-0.1, -0.05) is 6.92 Å². The molecule has 0 nitrogen and oxygen atoms in total. The summed E-state index contributed by atoms with van der Waals surface area (Å²) in [5, 5.41) is 0. The van der Waals surface area contributed by atoms with Crippen LogP contribution in [-0.4, -0.2) is 5.92 Å². The summed E-state index contributed by atoms with van der Waals surface area (Å²) in [6.45, 7) is 2.10. The zero-order valence-corrected chi connectivity index (χ0v) is 6.11. The van der Waals surface area contributed by atoms with Crippen LogP contribution in [0.4, 0.5) is 8.78 Å². The Morgan fingerprint density at radius 3 is 2.30 bits per heavy atom. The molecule has 2 rings (SSSR count). The minimum atomic E-state index is -2.31. The summed E-state index contributed by atoms with van der Waals surface area (Å²) >= 11 is 0. The molecule has 0 aromatic heterocycles. The zero-order chi connectivity index (χ0) is 7.35. The fraction of sp³-hybridized carbons (Fsp3) is 1.00. The van der Waals surface area contributed by atoms with Crippen molar-refractivity contribution < 1.29 is 8.78 Å². The van der Waals surface area contributed by atoms with E-state index in [4.69, 9.17) is 0 Å². The highest BCUT2D eigenvalue weighted by Gasteiger charge is 2.55. The number of hydrogen-bond donors (Lipinski definition) is 0. The van der Waals surface area contributed by atoms with Gasteiger partial charge in [0, 0.05) is 12.3 Å². The Hall–Kier alpha value is -0.140. The van der Waals surface area contributed by atoms with Gasteiger partial charge in [-0.05, 0) is 24.7 Å². The topological polar surface area (TPSA) is 0 Å². The van der Waals surface area contributed by atoms with Gasteiger partial charge in [-0.3, -0.25) is 0 Å². The maximum atomic E-state index is 12.8. The lowest BCUT2D eigenvalue weighted by Gasteiger charge is -2.24. The molecule has 0 aromatic carbocycles. The lowest BCUT2D eigenvalue weighted by molar-refractivity contribution is -0.0594. The highest BCUT2D eigenvalue weighted by atomic mass is 19.3. The molecule has 2 bridgehead atoms. The van der Waals surface area contributed by atoms with Crippen molar-refractivity contribution in [3.63, 3.8) is 0 Å². The third-order valence-corrected chi connectivity index (χ3v) is 3.18. The van der Waals surface area contributed by atoms with E-state index in [2.05, 4.69) is 6.92 Å². The van der Waals surface area contributed by atoms with Crippen LogP contribution in [0.2, 0.25) is 0 Å². The van der Waals surface area contributed by atoms with Crippen LogP contribution in [0, 0.1) is 17.8 Å². The first kappa shape index (κ1) is 6.56. The average molecular weight is 146 g/mol. The molecule has 3 atom stereocenters. The monoisotopic (exact) mass is 146 g/mol. The fourth-order valence-electron chi connectivity index (χ4n) is 2.48. The Bertz CT molecular complexity index is 151.